The van der Waals surface area contributed by atoms with Gasteiger partial charge in [0, 0.05) is 6.42 Å². The molecule has 1 saturated heterocycles. The maximum atomic E-state index is 4.79. The van der Waals surface area contributed by atoms with Crippen LogP contribution in [-0.2, 0) is 4.74 Å². The summed E-state index contributed by atoms with van der Waals surface area (Å²) < 4.78 is 4.79. The molecule has 1 unspecified atom stereocenters. The molecule has 0 saturated carbocycles. The molecule has 1 aliphatic rings. The van der Waals surface area contributed by atoms with E-state index in [1.54, 1.807) is 0 Å². The molecule has 2 heteroatoms. The van der Waals surface area contributed by atoms with Crippen molar-refractivity contribution in [3.8, 4) is 0 Å². The second-order valence-electron chi connectivity index (χ2n) is 1.11. The standard InChI is InChI=1S/C3H6OS/c5-3-1-2-4-3/h3,5H,1-2H2. The van der Waals surface area contributed by atoms with Crippen molar-refractivity contribution in [2.24, 2.45) is 0 Å². The molecule has 0 radical (unpaired) electrons. The number of hydrogen-bond donors (Lipinski definition) is 1. The third-order valence-electron chi connectivity index (χ3n) is 0.675. The van der Waals surface area contributed by atoms with Gasteiger partial charge in [-0.3, -0.25) is 0 Å². The predicted molar refractivity (Wildman–Crippen MR) is 23.3 cm³/mol. The van der Waals surface area contributed by atoms with Crippen molar-refractivity contribution in [2.45, 2.75) is 11.9 Å². The second-order valence-corrected chi connectivity index (χ2v) is 1.69. The second kappa shape index (κ2) is 1.19. The van der Waals surface area contributed by atoms with Gasteiger partial charge in [-0.05, 0) is 0 Å². The lowest BCUT2D eigenvalue weighted by Gasteiger charge is -2.19. The lowest BCUT2D eigenvalue weighted by molar-refractivity contribution is 0.0113. The molecule has 0 N–H and O–H groups in total. The molecule has 0 amide bonds. The molecule has 1 atom stereocenters. The highest BCUT2D eigenvalue weighted by Gasteiger charge is 2.10. The van der Waals surface area contributed by atoms with Crippen molar-refractivity contribution >= 4 is 12.6 Å². The zero-order valence-corrected chi connectivity index (χ0v) is 3.74. The SMILES string of the molecule is SC1CCO1. The van der Waals surface area contributed by atoms with Gasteiger partial charge in [-0.1, -0.05) is 0 Å². The highest BCUT2D eigenvalue weighted by Crippen LogP contribution is 2.12. The van der Waals surface area contributed by atoms with Crippen LogP contribution in [0.4, 0.5) is 0 Å². The quantitative estimate of drug-likeness (QED) is 0.430. The molecule has 1 aliphatic heterocycles. The van der Waals surface area contributed by atoms with Crippen LogP contribution < -0.4 is 0 Å². The summed E-state index contributed by atoms with van der Waals surface area (Å²) in [5.74, 6) is 0. The van der Waals surface area contributed by atoms with Crippen LogP contribution in [0, 0.1) is 0 Å². The van der Waals surface area contributed by atoms with Crippen LogP contribution >= 0.6 is 12.6 Å². The maximum absolute atomic E-state index is 4.79. The highest BCUT2D eigenvalue weighted by atomic mass is 32.1. The lowest BCUT2D eigenvalue weighted by Crippen LogP contribution is -2.19. The van der Waals surface area contributed by atoms with E-state index >= 15 is 0 Å². The van der Waals surface area contributed by atoms with Crippen LogP contribution in [0.5, 0.6) is 0 Å². The van der Waals surface area contributed by atoms with Gasteiger partial charge in [0.25, 0.3) is 0 Å². The minimum Gasteiger partial charge on any atom is -0.368 e. The van der Waals surface area contributed by atoms with Crippen LogP contribution in [0.25, 0.3) is 0 Å². The summed E-state index contributed by atoms with van der Waals surface area (Å²) in [6, 6.07) is 0. The Hall–Kier alpha value is 0.310. The van der Waals surface area contributed by atoms with E-state index in [2.05, 4.69) is 12.6 Å². The summed E-state index contributed by atoms with van der Waals surface area (Å²) in [7, 11) is 0. The molecule has 1 heterocycles. The largest absolute Gasteiger partial charge is 0.368 e. The van der Waals surface area contributed by atoms with Crippen molar-refractivity contribution in [3.05, 3.63) is 0 Å². The highest BCUT2D eigenvalue weighted by molar-refractivity contribution is 7.80. The van der Waals surface area contributed by atoms with Gasteiger partial charge in [-0.15, -0.1) is 12.6 Å². The Labute approximate surface area is 36.7 Å². The molecule has 1 rings (SSSR count). The average molecular weight is 90.1 g/mol. The summed E-state index contributed by atoms with van der Waals surface area (Å²) >= 11 is 3.96. The monoisotopic (exact) mass is 90.0 g/mol. The molecule has 5 heavy (non-hydrogen) atoms. The van der Waals surface area contributed by atoms with Crippen molar-refractivity contribution in [1.29, 1.82) is 0 Å². The first-order valence-electron chi connectivity index (χ1n) is 1.69. The first-order valence-corrected chi connectivity index (χ1v) is 2.21. The number of hydrogen-bond acceptors (Lipinski definition) is 2. The first-order chi connectivity index (χ1) is 2.39. The minimum absolute atomic E-state index is 0.259. The first kappa shape index (κ1) is 3.50. The zero-order chi connectivity index (χ0) is 3.70. The number of ether oxygens (including phenoxy) is 1. The summed E-state index contributed by atoms with van der Waals surface area (Å²) in [6.45, 7) is 0.911. The number of thiol groups is 1. The van der Waals surface area contributed by atoms with Crippen molar-refractivity contribution in [3.63, 3.8) is 0 Å². The lowest BCUT2D eigenvalue weighted by atomic mass is 10.4. The topological polar surface area (TPSA) is 9.23 Å². The van der Waals surface area contributed by atoms with Crippen molar-refractivity contribution in [2.75, 3.05) is 6.61 Å². The summed E-state index contributed by atoms with van der Waals surface area (Å²) in [5, 5.41) is 0. The maximum Gasteiger partial charge on any atom is 0.102 e. The third kappa shape index (κ3) is 0.578. The summed E-state index contributed by atoms with van der Waals surface area (Å²) in [6.07, 6.45) is 1.13. The smallest absolute Gasteiger partial charge is 0.102 e. The predicted octanol–water partition coefficient (Wildman–Crippen LogP) is 0.663. The van der Waals surface area contributed by atoms with Gasteiger partial charge in [0.15, 0.2) is 0 Å². The molecular weight excluding hydrogens is 84.1 g/mol. The molecule has 30 valence electrons. The van der Waals surface area contributed by atoms with Gasteiger partial charge in [-0.2, -0.15) is 0 Å². The Morgan fingerprint density at radius 2 is 2.20 bits per heavy atom. The van der Waals surface area contributed by atoms with E-state index in [4.69, 9.17) is 4.74 Å². The fourth-order valence-electron chi connectivity index (χ4n) is 0.223. The molecule has 0 spiro atoms. The van der Waals surface area contributed by atoms with Gasteiger partial charge >= 0.3 is 0 Å². The normalized spacial score (nSPS) is 36.6. The Balaban J connectivity index is 2.08. The van der Waals surface area contributed by atoms with Gasteiger partial charge < -0.3 is 4.74 Å². The van der Waals surface area contributed by atoms with E-state index < -0.39 is 0 Å². The Kier molecular flexibility index (Phi) is 0.830. The van der Waals surface area contributed by atoms with Crippen LogP contribution in [0.1, 0.15) is 6.42 Å². The summed E-state index contributed by atoms with van der Waals surface area (Å²) in [4.78, 5) is 0. The van der Waals surface area contributed by atoms with Crippen LogP contribution in [0.15, 0.2) is 0 Å². The van der Waals surface area contributed by atoms with Gasteiger partial charge in [0.1, 0.15) is 5.44 Å². The van der Waals surface area contributed by atoms with E-state index in [1.165, 1.54) is 0 Å². The minimum atomic E-state index is 0.259. The Bertz CT molecular complexity index is 33.9. The molecule has 0 bridgehead atoms. The molecule has 0 aromatic rings. The van der Waals surface area contributed by atoms with Gasteiger partial charge in [-0.25, -0.2) is 0 Å². The fourth-order valence-corrected chi connectivity index (χ4v) is 0.434. The van der Waals surface area contributed by atoms with Crippen LogP contribution in [0.3, 0.4) is 0 Å². The molecule has 0 aromatic carbocycles. The van der Waals surface area contributed by atoms with Crippen LogP contribution in [-0.4, -0.2) is 12.0 Å². The molecular formula is C3H6OS. The third-order valence-corrected chi connectivity index (χ3v) is 1.08. The molecule has 0 aliphatic carbocycles. The van der Waals surface area contributed by atoms with Gasteiger partial charge in [0.2, 0.25) is 0 Å². The van der Waals surface area contributed by atoms with Gasteiger partial charge in [0.05, 0.1) is 6.61 Å². The van der Waals surface area contributed by atoms with E-state index in [-0.39, 0.29) is 5.44 Å². The van der Waals surface area contributed by atoms with Crippen molar-refractivity contribution in [1.82, 2.24) is 0 Å². The molecule has 0 aromatic heterocycles. The molecule has 1 fully saturated rings. The van der Waals surface area contributed by atoms with E-state index in [0.29, 0.717) is 0 Å². The number of rotatable bonds is 0. The van der Waals surface area contributed by atoms with E-state index in [1.807, 2.05) is 0 Å². The Morgan fingerprint density at radius 1 is 1.80 bits per heavy atom. The van der Waals surface area contributed by atoms with Crippen LogP contribution in [0.2, 0.25) is 0 Å². The zero-order valence-electron chi connectivity index (χ0n) is 2.85. The van der Waals surface area contributed by atoms with E-state index in [9.17, 15) is 0 Å². The van der Waals surface area contributed by atoms with E-state index in [0.717, 1.165) is 13.0 Å². The Morgan fingerprint density at radius 3 is 2.20 bits per heavy atom. The molecule has 1 nitrogen and oxygen atoms in total. The fraction of sp³-hybridized carbons (Fsp3) is 1.00. The van der Waals surface area contributed by atoms with Crippen molar-refractivity contribution < 1.29 is 4.74 Å². The average Bonchev–Trinajstić information content (AvgIpc) is 1.30. The summed E-state index contributed by atoms with van der Waals surface area (Å²) in [5.41, 5.74) is 0.259.